The first-order valence-corrected chi connectivity index (χ1v) is 5.65. The number of hydrogen-bond donors (Lipinski definition) is 1. The van der Waals surface area contributed by atoms with E-state index in [1.54, 1.807) is 0 Å². The zero-order valence-corrected chi connectivity index (χ0v) is 9.94. The average molecular weight is 221 g/mol. The van der Waals surface area contributed by atoms with E-state index in [0.717, 1.165) is 31.1 Å². The second kappa shape index (κ2) is 4.39. The van der Waals surface area contributed by atoms with Crippen molar-refractivity contribution in [1.82, 2.24) is 4.98 Å². The highest BCUT2D eigenvalue weighted by atomic mass is 16.5. The third-order valence-corrected chi connectivity index (χ3v) is 2.79. The Kier molecular flexibility index (Phi) is 3.12. The fourth-order valence-electron chi connectivity index (χ4n) is 1.94. The Morgan fingerprint density at radius 3 is 2.88 bits per heavy atom. The summed E-state index contributed by atoms with van der Waals surface area (Å²) in [4.78, 5) is 6.68. The molecule has 1 saturated heterocycles. The van der Waals surface area contributed by atoms with Gasteiger partial charge in [0.25, 0.3) is 0 Å². The van der Waals surface area contributed by atoms with Crippen molar-refractivity contribution in [3.63, 3.8) is 0 Å². The maximum Gasteiger partial charge on any atom is 0.128 e. The zero-order chi connectivity index (χ0) is 11.6. The lowest BCUT2D eigenvalue weighted by atomic mass is 10.1. The smallest absolute Gasteiger partial charge is 0.128 e. The summed E-state index contributed by atoms with van der Waals surface area (Å²) in [5.74, 6) is 1.01. The average Bonchev–Trinajstić information content (AvgIpc) is 2.28. The largest absolute Gasteiger partial charge is 0.372 e. The normalized spacial score (nSPS) is 19.8. The molecule has 0 aromatic carbocycles. The third kappa shape index (κ3) is 2.51. The van der Waals surface area contributed by atoms with Crippen molar-refractivity contribution in [2.75, 3.05) is 24.6 Å². The van der Waals surface area contributed by atoms with E-state index in [1.807, 2.05) is 18.3 Å². The number of morpholine rings is 1. The van der Waals surface area contributed by atoms with Gasteiger partial charge in [-0.3, -0.25) is 0 Å². The minimum atomic E-state index is -0.0908. The van der Waals surface area contributed by atoms with Crippen LogP contribution in [0.3, 0.4) is 0 Å². The van der Waals surface area contributed by atoms with Crippen LogP contribution in [-0.2, 0) is 11.3 Å². The van der Waals surface area contributed by atoms with Gasteiger partial charge in [-0.1, -0.05) is 6.07 Å². The minimum Gasteiger partial charge on any atom is -0.372 e. The van der Waals surface area contributed by atoms with Crippen molar-refractivity contribution in [2.24, 2.45) is 5.73 Å². The molecule has 0 saturated carbocycles. The third-order valence-electron chi connectivity index (χ3n) is 2.79. The highest BCUT2D eigenvalue weighted by molar-refractivity contribution is 5.40. The number of nitrogens with zero attached hydrogens (tertiary/aromatic N) is 2. The Hall–Kier alpha value is -1.13. The summed E-state index contributed by atoms with van der Waals surface area (Å²) in [6, 6.07) is 4.06. The molecular weight excluding hydrogens is 202 g/mol. The van der Waals surface area contributed by atoms with Crippen LogP contribution in [-0.4, -0.2) is 30.3 Å². The molecule has 0 unspecified atom stereocenters. The summed E-state index contributed by atoms with van der Waals surface area (Å²) in [5.41, 5.74) is 6.52. The Labute approximate surface area is 96.4 Å². The fourth-order valence-corrected chi connectivity index (χ4v) is 1.94. The molecule has 1 aliphatic rings. The number of hydrogen-bond acceptors (Lipinski definition) is 4. The van der Waals surface area contributed by atoms with E-state index in [2.05, 4.69) is 23.7 Å². The van der Waals surface area contributed by atoms with Crippen molar-refractivity contribution in [2.45, 2.75) is 26.0 Å². The van der Waals surface area contributed by atoms with Crippen LogP contribution in [0.2, 0.25) is 0 Å². The van der Waals surface area contributed by atoms with Gasteiger partial charge in [-0.05, 0) is 25.5 Å². The lowest BCUT2D eigenvalue weighted by Crippen LogP contribution is -2.48. The van der Waals surface area contributed by atoms with Gasteiger partial charge in [-0.2, -0.15) is 0 Å². The van der Waals surface area contributed by atoms with Gasteiger partial charge in [0.2, 0.25) is 0 Å². The van der Waals surface area contributed by atoms with Crippen LogP contribution in [0.4, 0.5) is 5.82 Å². The van der Waals surface area contributed by atoms with Crippen molar-refractivity contribution < 1.29 is 4.74 Å². The summed E-state index contributed by atoms with van der Waals surface area (Å²) in [5, 5.41) is 0. The molecule has 0 spiro atoms. The zero-order valence-electron chi connectivity index (χ0n) is 9.94. The van der Waals surface area contributed by atoms with Crippen LogP contribution in [0.15, 0.2) is 18.3 Å². The van der Waals surface area contributed by atoms with Crippen LogP contribution >= 0.6 is 0 Å². The summed E-state index contributed by atoms with van der Waals surface area (Å²) < 4.78 is 5.67. The van der Waals surface area contributed by atoms with E-state index < -0.39 is 0 Å². The van der Waals surface area contributed by atoms with Crippen LogP contribution < -0.4 is 10.6 Å². The fraction of sp³-hybridized carbons (Fsp3) is 0.583. The standard InChI is InChI=1S/C12H19N3O/c1-12(2)9-15(5-6-16-12)11-4-3-10(7-13)8-14-11/h3-4,8H,5-7,9,13H2,1-2H3. The van der Waals surface area contributed by atoms with Gasteiger partial charge in [0.1, 0.15) is 5.82 Å². The first-order valence-electron chi connectivity index (χ1n) is 5.65. The predicted octanol–water partition coefficient (Wildman–Crippen LogP) is 1.16. The summed E-state index contributed by atoms with van der Waals surface area (Å²) in [6.45, 7) is 7.29. The van der Waals surface area contributed by atoms with Gasteiger partial charge < -0.3 is 15.4 Å². The summed E-state index contributed by atoms with van der Waals surface area (Å²) in [7, 11) is 0. The molecule has 88 valence electrons. The Morgan fingerprint density at radius 1 is 1.50 bits per heavy atom. The minimum absolute atomic E-state index is 0.0908. The number of pyridine rings is 1. The number of nitrogens with two attached hydrogens (primary N) is 1. The predicted molar refractivity (Wildman–Crippen MR) is 64.4 cm³/mol. The van der Waals surface area contributed by atoms with Crippen molar-refractivity contribution in [1.29, 1.82) is 0 Å². The molecule has 0 radical (unpaired) electrons. The monoisotopic (exact) mass is 221 g/mol. The molecule has 0 bridgehead atoms. The molecule has 0 amide bonds. The molecule has 4 heteroatoms. The second-order valence-electron chi connectivity index (χ2n) is 4.76. The van der Waals surface area contributed by atoms with Gasteiger partial charge in [-0.25, -0.2) is 4.98 Å². The molecule has 0 aliphatic carbocycles. The maximum atomic E-state index is 5.67. The quantitative estimate of drug-likeness (QED) is 0.814. The van der Waals surface area contributed by atoms with E-state index >= 15 is 0 Å². The molecular formula is C12H19N3O. The Bertz CT molecular complexity index is 348. The van der Waals surface area contributed by atoms with E-state index in [0.29, 0.717) is 6.54 Å². The van der Waals surface area contributed by atoms with E-state index in [4.69, 9.17) is 10.5 Å². The van der Waals surface area contributed by atoms with E-state index in [1.165, 1.54) is 0 Å². The van der Waals surface area contributed by atoms with E-state index in [-0.39, 0.29) is 5.60 Å². The highest BCUT2D eigenvalue weighted by Crippen LogP contribution is 2.21. The molecule has 2 heterocycles. The molecule has 2 N–H and O–H groups in total. The molecule has 16 heavy (non-hydrogen) atoms. The lowest BCUT2D eigenvalue weighted by Gasteiger charge is -2.38. The van der Waals surface area contributed by atoms with Crippen molar-refractivity contribution in [3.8, 4) is 0 Å². The van der Waals surface area contributed by atoms with E-state index in [9.17, 15) is 0 Å². The maximum absolute atomic E-state index is 5.67. The number of rotatable bonds is 2. The first kappa shape index (κ1) is 11.4. The molecule has 1 aromatic heterocycles. The first-order chi connectivity index (χ1) is 7.61. The van der Waals surface area contributed by atoms with Crippen molar-refractivity contribution >= 4 is 5.82 Å². The molecule has 1 aromatic rings. The number of ether oxygens (including phenoxy) is 1. The van der Waals surface area contributed by atoms with Gasteiger partial charge in [0.05, 0.1) is 12.2 Å². The van der Waals surface area contributed by atoms with Crippen LogP contribution in [0, 0.1) is 0 Å². The molecule has 1 aliphatic heterocycles. The Morgan fingerprint density at radius 2 is 2.31 bits per heavy atom. The van der Waals surface area contributed by atoms with Gasteiger partial charge in [0, 0.05) is 25.8 Å². The number of aromatic nitrogens is 1. The van der Waals surface area contributed by atoms with Crippen molar-refractivity contribution in [3.05, 3.63) is 23.9 Å². The Balaban J connectivity index is 2.11. The highest BCUT2D eigenvalue weighted by Gasteiger charge is 2.27. The van der Waals surface area contributed by atoms with Gasteiger partial charge in [0.15, 0.2) is 0 Å². The molecule has 2 rings (SSSR count). The summed E-state index contributed by atoms with van der Waals surface area (Å²) >= 11 is 0. The SMILES string of the molecule is CC1(C)CN(c2ccc(CN)cn2)CCO1. The van der Waals surface area contributed by atoms with Crippen LogP contribution in [0.5, 0.6) is 0 Å². The molecule has 4 nitrogen and oxygen atoms in total. The number of anilines is 1. The van der Waals surface area contributed by atoms with Crippen LogP contribution in [0.25, 0.3) is 0 Å². The summed E-state index contributed by atoms with van der Waals surface area (Å²) in [6.07, 6.45) is 1.85. The lowest BCUT2D eigenvalue weighted by molar-refractivity contribution is -0.0279. The second-order valence-corrected chi connectivity index (χ2v) is 4.76. The van der Waals surface area contributed by atoms with Gasteiger partial charge >= 0.3 is 0 Å². The molecule has 1 fully saturated rings. The molecule has 0 atom stereocenters. The topological polar surface area (TPSA) is 51.4 Å². The van der Waals surface area contributed by atoms with Crippen LogP contribution in [0.1, 0.15) is 19.4 Å². The van der Waals surface area contributed by atoms with Gasteiger partial charge in [-0.15, -0.1) is 0 Å².